The van der Waals surface area contributed by atoms with E-state index in [0.29, 0.717) is 18.0 Å². The smallest absolute Gasteiger partial charge is 0.263 e. The number of methoxy groups -OCH3 is 1. The van der Waals surface area contributed by atoms with Gasteiger partial charge >= 0.3 is 0 Å². The SMILES string of the molecule is C=CCc1ccc(OC(C)(C)C(=O)NCCCN(C)C)c(OC)c1. The molecule has 0 atom stereocenters. The fraction of sp³-hybridized carbons (Fsp3) is 0.526. The highest BCUT2D eigenvalue weighted by molar-refractivity contribution is 5.84. The molecule has 134 valence electrons. The zero-order chi connectivity index (χ0) is 18.2. The molecule has 24 heavy (non-hydrogen) atoms. The number of hydrogen-bond donors (Lipinski definition) is 1. The minimum atomic E-state index is -0.981. The minimum Gasteiger partial charge on any atom is -0.493 e. The van der Waals surface area contributed by atoms with E-state index in [2.05, 4.69) is 16.8 Å². The van der Waals surface area contributed by atoms with Crippen molar-refractivity contribution in [3.63, 3.8) is 0 Å². The molecule has 0 saturated carbocycles. The minimum absolute atomic E-state index is 0.140. The van der Waals surface area contributed by atoms with Crippen molar-refractivity contribution in [2.45, 2.75) is 32.3 Å². The second-order valence-corrected chi connectivity index (χ2v) is 6.50. The average molecular weight is 334 g/mol. The van der Waals surface area contributed by atoms with Crippen LogP contribution in [0.3, 0.4) is 0 Å². The number of benzene rings is 1. The number of amides is 1. The zero-order valence-corrected chi connectivity index (χ0v) is 15.5. The molecule has 1 aromatic carbocycles. The summed E-state index contributed by atoms with van der Waals surface area (Å²) in [4.78, 5) is 14.5. The van der Waals surface area contributed by atoms with Crippen LogP contribution < -0.4 is 14.8 Å². The van der Waals surface area contributed by atoms with Gasteiger partial charge < -0.3 is 19.7 Å². The van der Waals surface area contributed by atoms with Gasteiger partial charge in [-0.05, 0) is 65.0 Å². The highest BCUT2D eigenvalue weighted by atomic mass is 16.5. The van der Waals surface area contributed by atoms with Crippen LogP contribution in [0, 0.1) is 0 Å². The molecule has 1 N–H and O–H groups in total. The molecule has 0 fully saturated rings. The number of allylic oxidation sites excluding steroid dienone is 1. The van der Waals surface area contributed by atoms with Crippen molar-refractivity contribution in [3.05, 3.63) is 36.4 Å². The quantitative estimate of drug-likeness (QED) is 0.528. The lowest BCUT2D eigenvalue weighted by atomic mass is 10.1. The number of ether oxygens (including phenoxy) is 2. The Morgan fingerprint density at radius 2 is 2.04 bits per heavy atom. The van der Waals surface area contributed by atoms with Crippen LogP contribution >= 0.6 is 0 Å². The third-order valence-electron chi connectivity index (χ3n) is 3.59. The average Bonchev–Trinajstić information content (AvgIpc) is 2.52. The predicted molar refractivity (Wildman–Crippen MR) is 97.8 cm³/mol. The number of rotatable bonds is 10. The normalized spacial score (nSPS) is 11.2. The number of nitrogens with one attached hydrogen (secondary N) is 1. The van der Waals surface area contributed by atoms with Gasteiger partial charge in [0.25, 0.3) is 5.91 Å². The Labute approximate surface area is 145 Å². The summed E-state index contributed by atoms with van der Waals surface area (Å²) in [5, 5.41) is 2.92. The van der Waals surface area contributed by atoms with E-state index in [0.717, 1.165) is 24.9 Å². The van der Waals surface area contributed by atoms with Gasteiger partial charge in [0.15, 0.2) is 17.1 Å². The van der Waals surface area contributed by atoms with E-state index in [1.807, 2.05) is 38.4 Å². The maximum atomic E-state index is 12.4. The fourth-order valence-electron chi connectivity index (χ4n) is 2.22. The first kappa shape index (κ1) is 20.0. The standard InChI is InChI=1S/C19H30N2O3/c1-7-9-15-10-11-16(17(14-15)23-6)24-19(2,3)18(22)20-12-8-13-21(4)5/h7,10-11,14H,1,8-9,12-13H2,2-6H3,(H,20,22). The number of carbonyl (C=O) groups is 1. The number of carbonyl (C=O) groups excluding carboxylic acids is 1. The maximum Gasteiger partial charge on any atom is 0.263 e. The van der Waals surface area contributed by atoms with Crippen LogP contribution in [0.4, 0.5) is 0 Å². The Hall–Kier alpha value is -2.01. The lowest BCUT2D eigenvalue weighted by Crippen LogP contribution is -2.47. The molecular weight excluding hydrogens is 304 g/mol. The number of nitrogens with zero attached hydrogens (tertiary/aromatic N) is 1. The summed E-state index contributed by atoms with van der Waals surface area (Å²) in [6.07, 6.45) is 3.49. The van der Waals surface area contributed by atoms with Crippen molar-refractivity contribution in [3.8, 4) is 11.5 Å². The van der Waals surface area contributed by atoms with E-state index >= 15 is 0 Å². The van der Waals surface area contributed by atoms with E-state index in [1.165, 1.54) is 0 Å². The summed E-state index contributed by atoms with van der Waals surface area (Å²) < 4.78 is 11.3. The molecule has 0 saturated heterocycles. The highest BCUT2D eigenvalue weighted by Crippen LogP contribution is 2.31. The van der Waals surface area contributed by atoms with Crippen molar-refractivity contribution < 1.29 is 14.3 Å². The Balaban J connectivity index is 2.71. The molecule has 0 radical (unpaired) electrons. The van der Waals surface area contributed by atoms with E-state index < -0.39 is 5.60 Å². The third-order valence-corrected chi connectivity index (χ3v) is 3.59. The van der Waals surface area contributed by atoms with Gasteiger partial charge in [-0.25, -0.2) is 0 Å². The summed E-state index contributed by atoms with van der Waals surface area (Å²) in [6, 6.07) is 5.69. The first-order chi connectivity index (χ1) is 11.3. The van der Waals surface area contributed by atoms with Crippen molar-refractivity contribution in [2.75, 3.05) is 34.3 Å². The molecule has 5 nitrogen and oxygen atoms in total. The third kappa shape index (κ3) is 6.24. The van der Waals surface area contributed by atoms with E-state index in [1.54, 1.807) is 21.0 Å². The molecule has 5 heteroatoms. The molecule has 0 aliphatic rings. The summed E-state index contributed by atoms with van der Waals surface area (Å²) in [5.41, 5.74) is 0.103. The van der Waals surface area contributed by atoms with Gasteiger partial charge in [0.2, 0.25) is 0 Å². The van der Waals surface area contributed by atoms with Crippen molar-refractivity contribution in [1.82, 2.24) is 10.2 Å². The van der Waals surface area contributed by atoms with Gasteiger partial charge in [-0.2, -0.15) is 0 Å². The molecule has 1 amide bonds. The molecule has 0 aliphatic carbocycles. The molecule has 0 heterocycles. The van der Waals surface area contributed by atoms with Gasteiger partial charge in [0, 0.05) is 6.54 Å². The van der Waals surface area contributed by atoms with Crippen LogP contribution in [0.5, 0.6) is 11.5 Å². The molecule has 1 aromatic rings. The molecule has 0 unspecified atom stereocenters. The van der Waals surface area contributed by atoms with Crippen LogP contribution in [0.15, 0.2) is 30.9 Å². The largest absolute Gasteiger partial charge is 0.493 e. The Bertz CT molecular complexity index is 554. The second-order valence-electron chi connectivity index (χ2n) is 6.50. The molecule has 0 aromatic heterocycles. The summed E-state index contributed by atoms with van der Waals surface area (Å²) >= 11 is 0. The van der Waals surface area contributed by atoms with Crippen molar-refractivity contribution >= 4 is 5.91 Å². The van der Waals surface area contributed by atoms with Crippen LogP contribution in [-0.4, -0.2) is 50.7 Å². The highest BCUT2D eigenvalue weighted by Gasteiger charge is 2.30. The fourth-order valence-corrected chi connectivity index (χ4v) is 2.22. The lowest BCUT2D eigenvalue weighted by Gasteiger charge is -2.26. The molecular formula is C19H30N2O3. The van der Waals surface area contributed by atoms with Crippen LogP contribution in [-0.2, 0) is 11.2 Å². The van der Waals surface area contributed by atoms with Gasteiger partial charge in [0.1, 0.15) is 0 Å². The summed E-state index contributed by atoms with van der Waals surface area (Å²) in [6.45, 7) is 8.80. The monoisotopic (exact) mass is 334 g/mol. The van der Waals surface area contributed by atoms with Gasteiger partial charge in [-0.1, -0.05) is 12.1 Å². The van der Waals surface area contributed by atoms with Crippen molar-refractivity contribution in [1.29, 1.82) is 0 Å². The Kier molecular flexibility index (Phi) is 7.79. The number of hydrogen-bond acceptors (Lipinski definition) is 4. The summed E-state index contributed by atoms with van der Waals surface area (Å²) in [5.74, 6) is 1.03. The van der Waals surface area contributed by atoms with Gasteiger partial charge in [-0.3, -0.25) is 4.79 Å². The van der Waals surface area contributed by atoms with Crippen molar-refractivity contribution in [2.24, 2.45) is 0 Å². The lowest BCUT2D eigenvalue weighted by molar-refractivity contribution is -0.134. The zero-order valence-electron chi connectivity index (χ0n) is 15.5. The van der Waals surface area contributed by atoms with Gasteiger partial charge in [0.05, 0.1) is 7.11 Å². The van der Waals surface area contributed by atoms with E-state index in [9.17, 15) is 4.79 Å². The topological polar surface area (TPSA) is 50.8 Å². The molecule has 0 aliphatic heterocycles. The second kappa shape index (κ2) is 9.33. The first-order valence-corrected chi connectivity index (χ1v) is 8.20. The molecule has 1 rings (SSSR count). The molecule has 0 spiro atoms. The van der Waals surface area contributed by atoms with E-state index in [-0.39, 0.29) is 5.91 Å². The van der Waals surface area contributed by atoms with E-state index in [4.69, 9.17) is 9.47 Å². The van der Waals surface area contributed by atoms with Crippen LogP contribution in [0.1, 0.15) is 25.8 Å². The van der Waals surface area contributed by atoms with Gasteiger partial charge in [-0.15, -0.1) is 6.58 Å². The Morgan fingerprint density at radius 1 is 1.33 bits per heavy atom. The predicted octanol–water partition coefficient (Wildman–Crippen LogP) is 2.65. The van der Waals surface area contributed by atoms with Crippen LogP contribution in [0.25, 0.3) is 0 Å². The molecule has 0 bridgehead atoms. The Morgan fingerprint density at radius 3 is 2.62 bits per heavy atom. The van der Waals surface area contributed by atoms with Crippen LogP contribution in [0.2, 0.25) is 0 Å². The maximum absolute atomic E-state index is 12.4. The summed E-state index contributed by atoms with van der Waals surface area (Å²) in [7, 11) is 5.61. The first-order valence-electron chi connectivity index (χ1n) is 8.20.